The minimum Gasteiger partial charge on any atom is -0.348 e. The number of nitrogens with zero attached hydrogens (tertiary/aromatic N) is 1. The van der Waals surface area contributed by atoms with Gasteiger partial charge in [0, 0.05) is 29.7 Å². The summed E-state index contributed by atoms with van der Waals surface area (Å²) < 4.78 is 2.33. The van der Waals surface area contributed by atoms with Gasteiger partial charge in [0.15, 0.2) is 0 Å². The first-order valence-electron chi connectivity index (χ1n) is 6.94. The van der Waals surface area contributed by atoms with Crippen molar-refractivity contribution in [3.63, 3.8) is 0 Å². The molecule has 0 radical (unpaired) electrons. The molecule has 3 rings (SSSR count). The van der Waals surface area contributed by atoms with Gasteiger partial charge in [-0.05, 0) is 56.8 Å². The molecule has 18 heavy (non-hydrogen) atoms. The molecule has 0 unspecified atom stereocenters. The number of aryl methyl sites for hydroxylation is 2. The SMILES string of the molecule is Cc1ccc2c(CCNC3CC3)c(C)n(C)c2c1. The van der Waals surface area contributed by atoms with Crippen molar-refractivity contribution in [1.29, 1.82) is 0 Å². The highest BCUT2D eigenvalue weighted by molar-refractivity contribution is 5.86. The van der Waals surface area contributed by atoms with Gasteiger partial charge in [-0.25, -0.2) is 0 Å². The van der Waals surface area contributed by atoms with Crippen LogP contribution in [0.15, 0.2) is 18.2 Å². The monoisotopic (exact) mass is 242 g/mol. The van der Waals surface area contributed by atoms with E-state index in [4.69, 9.17) is 0 Å². The molecule has 2 aromatic rings. The quantitative estimate of drug-likeness (QED) is 0.872. The molecule has 0 spiro atoms. The zero-order chi connectivity index (χ0) is 12.7. The van der Waals surface area contributed by atoms with Gasteiger partial charge in [-0.3, -0.25) is 0 Å². The van der Waals surface area contributed by atoms with Crippen LogP contribution in [-0.4, -0.2) is 17.2 Å². The van der Waals surface area contributed by atoms with Crippen molar-refractivity contribution in [3.8, 4) is 0 Å². The lowest BCUT2D eigenvalue weighted by Crippen LogP contribution is -2.19. The Morgan fingerprint density at radius 3 is 2.78 bits per heavy atom. The normalized spacial score (nSPS) is 15.5. The second kappa shape index (κ2) is 4.43. The maximum Gasteiger partial charge on any atom is 0.0485 e. The summed E-state index contributed by atoms with van der Waals surface area (Å²) in [6.45, 7) is 5.51. The summed E-state index contributed by atoms with van der Waals surface area (Å²) in [5.41, 5.74) is 5.63. The van der Waals surface area contributed by atoms with Gasteiger partial charge in [0.25, 0.3) is 0 Å². The van der Waals surface area contributed by atoms with Crippen LogP contribution in [0.4, 0.5) is 0 Å². The fourth-order valence-corrected chi connectivity index (χ4v) is 2.76. The van der Waals surface area contributed by atoms with Crippen molar-refractivity contribution >= 4 is 10.9 Å². The van der Waals surface area contributed by atoms with Gasteiger partial charge < -0.3 is 9.88 Å². The first kappa shape index (κ1) is 11.8. The number of benzene rings is 1. The summed E-state index contributed by atoms with van der Waals surface area (Å²) in [5, 5.41) is 5.04. The molecule has 1 aromatic heterocycles. The summed E-state index contributed by atoms with van der Waals surface area (Å²) in [5.74, 6) is 0. The van der Waals surface area contributed by atoms with E-state index in [1.165, 1.54) is 40.6 Å². The van der Waals surface area contributed by atoms with Crippen LogP contribution in [-0.2, 0) is 13.5 Å². The average molecular weight is 242 g/mol. The summed E-state index contributed by atoms with van der Waals surface area (Å²) >= 11 is 0. The fraction of sp³-hybridized carbons (Fsp3) is 0.500. The molecular formula is C16H22N2. The number of hydrogen-bond donors (Lipinski definition) is 1. The summed E-state index contributed by atoms with van der Waals surface area (Å²) in [7, 11) is 2.18. The van der Waals surface area contributed by atoms with Crippen LogP contribution in [0, 0.1) is 13.8 Å². The molecular weight excluding hydrogens is 220 g/mol. The zero-order valence-corrected chi connectivity index (χ0v) is 11.6. The molecule has 1 fully saturated rings. The largest absolute Gasteiger partial charge is 0.348 e. The van der Waals surface area contributed by atoms with Gasteiger partial charge in [-0.2, -0.15) is 0 Å². The van der Waals surface area contributed by atoms with Gasteiger partial charge in [-0.1, -0.05) is 12.1 Å². The lowest BCUT2D eigenvalue weighted by Gasteiger charge is -2.04. The second-order valence-corrected chi connectivity index (χ2v) is 5.62. The van der Waals surface area contributed by atoms with Crippen LogP contribution in [0.2, 0.25) is 0 Å². The minimum absolute atomic E-state index is 0.808. The van der Waals surface area contributed by atoms with Gasteiger partial charge in [0.1, 0.15) is 0 Å². The minimum atomic E-state index is 0.808. The maximum atomic E-state index is 3.61. The van der Waals surface area contributed by atoms with Crippen LogP contribution in [0.1, 0.15) is 29.7 Å². The van der Waals surface area contributed by atoms with E-state index < -0.39 is 0 Å². The Labute approximate surface area is 109 Å². The molecule has 0 amide bonds. The van der Waals surface area contributed by atoms with Gasteiger partial charge in [-0.15, -0.1) is 0 Å². The third kappa shape index (κ3) is 2.05. The molecule has 96 valence electrons. The Morgan fingerprint density at radius 2 is 2.06 bits per heavy atom. The maximum absolute atomic E-state index is 3.61. The molecule has 1 aliphatic rings. The van der Waals surface area contributed by atoms with Crippen LogP contribution in [0.25, 0.3) is 10.9 Å². The predicted octanol–water partition coefficient (Wildman–Crippen LogP) is 3.09. The molecule has 0 atom stereocenters. The van der Waals surface area contributed by atoms with Gasteiger partial charge in [0.2, 0.25) is 0 Å². The van der Waals surface area contributed by atoms with Crippen LogP contribution < -0.4 is 5.32 Å². The Balaban J connectivity index is 1.91. The first-order chi connectivity index (χ1) is 8.66. The third-order valence-electron chi connectivity index (χ3n) is 4.16. The van der Waals surface area contributed by atoms with Crippen molar-refractivity contribution in [2.75, 3.05) is 6.54 Å². The van der Waals surface area contributed by atoms with E-state index in [0.29, 0.717) is 0 Å². The number of fused-ring (bicyclic) bond motifs is 1. The molecule has 1 N–H and O–H groups in total. The van der Waals surface area contributed by atoms with E-state index in [1.54, 1.807) is 0 Å². The van der Waals surface area contributed by atoms with Crippen molar-refractivity contribution in [2.24, 2.45) is 7.05 Å². The zero-order valence-electron chi connectivity index (χ0n) is 11.6. The fourth-order valence-electron chi connectivity index (χ4n) is 2.76. The number of aromatic nitrogens is 1. The highest BCUT2D eigenvalue weighted by Gasteiger charge is 2.20. The summed E-state index contributed by atoms with van der Waals surface area (Å²) in [6.07, 6.45) is 3.88. The van der Waals surface area contributed by atoms with Crippen molar-refractivity contribution in [1.82, 2.24) is 9.88 Å². The standard InChI is InChI=1S/C16H22N2/c1-11-4-7-15-14(8-9-17-13-5-6-13)12(2)18(3)16(15)10-11/h4,7,10,13,17H,5-6,8-9H2,1-3H3. The van der Waals surface area contributed by atoms with E-state index >= 15 is 0 Å². The third-order valence-corrected chi connectivity index (χ3v) is 4.16. The van der Waals surface area contributed by atoms with Crippen LogP contribution in [0.5, 0.6) is 0 Å². The van der Waals surface area contributed by atoms with Gasteiger partial charge in [0.05, 0.1) is 0 Å². The Kier molecular flexibility index (Phi) is 2.90. The van der Waals surface area contributed by atoms with E-state index in [1.807, 2.05) is 0 Å². The molecule has 2 nitrogen and oxygen atoms in total. The molecule has 0 bridgehead atoms. The van der Waals surface area contributed by atoms with Crippen molar-refractivity contribution in [2.45, 2.75) is 39.2 Å². The number of nitrogens with one attached hydrogen (secondary N) is 1. The van der Waals surface area contributed by atoms with Crippen LogP contribution >= 0.6 is 0 Å². The molecule has 1 heterocycles. The average Bonchev–Trinajstić information content (AvgIpc) is 3.14. The Morgan fingerprint density at radius 1 is 1.28 bits per heavy atom. The second-order valence-electron chi connectivity index (χ2n) is 5.62. The van der Waals surface area contributed by atoms with E-state index in [2.05, 4.69) is 49.0 Å². The smallest absolute Gasteiger partial charge is 0.0485 e. The van der Waals surface area contributed by atoms with Crippen LogP contribution in [0.3, 0.4) is 0 Å². The molecule has 1 aromatic carbocycles. The molecule has 0 saturated heterocycles. The number of hydrogen-bond acceptors (Lipinski definition) is 1. The highest BCUT2D eigenvalue weighted by Crippen LogP contribution is 2.26. The van der Waals surface area contributed by atoms with Crippen molar-refractivity contribution < 1.29 is 0 Å². The first-order valence-corrected chi connectivity index (χ1v) is 6.94. The van der Waals surface area contributed by atoms with Gasteiger partial charge >= 0.3 is 0 Å². The lowest BCUT2D eigenvalue weighted by atomic mass is 10.1. The molecule has 1 saturated carbocycles. The molecule has 0 aliphatic heterocycles. The Bertz CT molecular complexity index is 576. The molecule has 1 aliphatic carbocycles. The lowest BCUT2D eigenvalue weighted by molar-refractivity contribution is 0.680. The predicted molar refractivity (Wildman–Crippen MR) is 77.1 cm³/mol. The van der Waals surface area contributed by atoms with E-state index in [9.17, 15) is 0 Å². The van der Waals surface area contributed by atoms with E-state index in [-0.39, 0.29) is 0 Å². The van der Waals surface area contributed by atoms with Crippen molar-refractivity contribution in [3.05, 3.63) is 35.0 Å². The summed E-state index contributed by atoms with van der Waals surface area (Å²) in [4.78, 5) is 0. The molecule has 2 heteroatoms. The summed E-state index contributed by atoms with van der Waals surface area (Å²) in [6, 6.07) is 7.60. The Hall–Kier alpha value is -1.28. The topological polar surface area (TPSA) is 17.0 Å². The van der Waals surface area contributed by atoms with E-state index in [0.717, 1.165) is 19.0 Å². The highest BCUT2D eigenvalue weighted by atomic mass is 15.0. The number of rotatable bonds is 4.